The molecule has 4 aromatic carbocycles. The first-order valence-corrected chi connectivity index (χ1v) is 16.1. The number of anilines is 1. The molecule has 10 heteroatoms. The molecule has 4 aromatic rings. The normalized spacial score (nSPS) is 11.7. The molecule has 0 saturated heterocycles. The number of methoxy groups -OCH3 is 2. The predicted molar refractivity (Wildman–Crippen MR) is 175 cm³/mol. The number of nitrogens with one attached hydrogen (secondary N) is 1. The molecule has 236 valence electrons. The highest BCUT2D eigenvalue weighted by Crippen LogP contribution is 2.32. The van der Waals surface area contributed by atoms with Gasteiger partial charge in [0.25, 0.3) is 10.0 Å². The van der Waals surface area contributed by atoms with Gasteiger partial charge in [0.2, 0.25) is 11.8 Å². The van der Waals surface area contributed by atoms with Crippen LogP contribution in [-0.4, -0.2) is 58.5 Å². The molecular formula is C35H39N3O6S. The van der Waals surface area contributed by atoms with Crippen LogP contribution in [0, 0.1) is 6.92 Å². The van der Waals surface area contributed by atoms with E-state index in [1.165, 1.54) is 37.3 Å². The van der Waals surface area contributed by atoms with Gasteiger partial charge in [-0.1, -0.05) is 78.4 Å². The smallest absolute Gasteiger partial charge is 0.264 e. The lowest BCUT2D eigenvalue weighted by atomic mass is 10.0. The molecule has 0 aliphatic carbocycles. The molecular weight excluding hydrogens is 590 g/mol. The summed E-state index contributed by atoms with van der Waals surface area (Å²) in [5, 5.41) is 2.87. The van der Waals surface area contributed by atoms with Crippen molar-refractivity contribution in [2.75, 3.05) is 31.6 Å². The first-order valence-electron chi connectivity index (χ1n) is 14.6. The van der Waals surface area contributed by atoms with Gasteiger partial charge in [0.15, 0.2) is 11.5 Å². The van der Waals surface area contributed by atoms with Crippen LogP contribution in [0.5, 0.6) is 11.5 Å². The summed E-state index contributed by atoms with van der Waals surface area (Å²) in [6, 6.07) is 28.9. The lowest BCUT2D eigenvalue weighted by molar-refractivity contribution is -0.140. The van der Waals surface area contributed by atoms with E-state index in [0.29, 0.717) is 18.0 Å². The van der Waals surface area contributed by atoms with Crippen molar-refractivity contribution in [3.05, 3.63) is 120 Å². The molecule has 0 aromatic heterocycles. The summed E-state index contributed by atoms with van der Waals surface area (Å²) in [6.45, 7) is 3.72. The number of carbonyl (C=O) groups is 2. The summed E-state index contributed by atoms with van der Waals surface area (Å²) >= 11 is 0. The van der Waals surface area contributed by atoms with E-state index < -0.39 is 28.5 Å². The largest absolute Gasteiger partial charge is 0.493 e. The molecule has 4 rings (SSSR count). The fourth-order valence-electron chi connectivity index (χ4n) is 4.96. The number of aryl methyl sites for hydroxylation is 1. The SMILES string of the molecule is CCNC(=O)C(Cc1ccccc1)N(Cc1ccc(C)cc1)C(=O)CN(c1ccccc1)S(=O)(=O)c1ccc(OC)c(OC)c1. The van der Waals surface area contributed by atoms with E-state index in [0.717, 1.165) is 21.0 Å². The van der Waals surface area contributed by atoms with Crippen LogP contribution in [0.1, 0.15) is 23.6 Å². The average molecular weight is 630 g/mol. The number of para-hydroxylation sites is 1. The Balaban J connectivity index is 1.79. The van der Waals surface area contributed by atoms with Gasteiger partial charge in [0.1, 0.15) is 12.6 Å². The second kappa shape index (κ2) is 15.3. The zero-order valence-corrected chi connectivity index (χ0v) is 26.8. The van der Waals surface area contributed by atoms with E-state index in [-0.39, 0.29) is 29.5 Å². The molecule has 9 nitrogen and oxygen atoms in total. The van der Waals surface area contributed by atoms with Gasteiger partial charge in [-0.2, -0.15) is 0 Å². The number of likely N-dealkylation sites (N-methyl/N-ethyl adjacent to an activating group) is 1. The van der Waals surface area contributed by atoms with Gasteiger partial charge in [-0.3, -0.25) is 13.9 Å². The topological polar surface area (TPSA) is 105 Å². The quantitative estimate of drug-likeness (QED) is 0.211. The number of carbonyl (C=O) groups excluding carboxylic acids is 2. The lowest BCUT2D eigenvalue weighted by Gasteiger charge is -2.34. The van der Waals surface area contributed by atoms with E-state index >= 15 is 0 Å². The van der Waals surface area contributed by atoms with Gasteiger partial charge in [-0.05, 0) is 49.2 Å². The molecule has 1 unspecified atom stereocenters. The maximum Gasteiger partial charge on any atom is 0.264 e. The van der Waals surface area contributed by atoms with Crippen molar-refractivity contribution in [1.82, 2.24) is 10.2 Å². The Morgan fingerprint density at radius 1 is 0.800 bits per heavy atom. The van der Waals surface area contributed by atoms with E-state index in [1.807, 2.05) is 68.4 Å². The molecule has 0 heterocycles. The number of ether oxygens (including phenoxy) is 2. The Bertz CT molecular complexity index is 1680. The number of amides is 2. The van der Waals surface area contributed by atoms with Crippen molar-refractivity contribution in [2.24, 2.45) is 0 Å². The summed E-state index contributed by atoms with van der Waals surface area (Å²) in [5.74, 6) is -0.252. The maximum absolute atomic E-state index is 14.4. The molecule has 1 atom stereocenters. The van der Waals surface area contributed by atoms with Crippen molar-refractivity contribution in [3.8, 4) is 11.5 Å². The summed E-state index contributed by atoms with van der Waals surface area (Å²) < 4.78 is 40.2. The average Bonchev–Trinajstić information content (AvgIpc) is 3.06. The second-order valence-electron chi connectivity index (χ2n) is 10.5. The van der Waals surface area contributed by atoms with Crippen molar-refractivity contribution in [1.29, 1.82) is 0 Å². The maximum atomic E-state index is 14.4. The molecule has 45 heavy (non-hydrogen) atoms. The third kappa shape index (κ3) is 8.21. The fraction of sp³-hybridized carbons (Fsp3) is 0.257. The van der Waals surface area contributed by atoms with E-state index in [4.69, 9.17) is 9.47 Å². The lowest BCUT2D eigenvalue weighted by Crippen LogP contribution is -2.53. The molecule has 2 amide bonds. The van der Waals surface area contributed by atoms with Crippen molar-refractivity contribution >= 4 is 27.5 Å². The van der Waals surface area contributed by atoms with Gasteiger partial charge >= 0.3 is 0 Å². The van der Waals surface area contributed by atoms with E-state index in [9.17, 15) is 18.0 Å². The minimum atomic E-state index is -4.28. The highest BCUT2D eigenvalue weighted by atomic mass is 32.2. The Labute approximate surface area is 265 Å². The third-order valence-electron chi connectivity index (χ3n) is 7.36. The minimum absolute atomic E-state index is 0.0774. The predicted octanol–water partition coefficient (Wildman–Crippen LogP) is 4.98. The van der Waals surface area contributed by atoms with Crippen LogP contribution >= 0.6 is 0 Å². The van der Waals surface area contributed by atoms with E-state index in [2.05, 4.69) is 5.32 Å². The van der Waals surface area contributed by atoms with Crippen LogP contribution in [0.3, 0.4) is 0 Å². The molecule has 0 saturated carbocycles. The summed E-state index contributed by atoms with van der Waals surface area (Å²) in [4.78, 5) is 29.4. The Morgan fingerprint density at radius 3 is 2.02 bits per heavy atom. The van der Waals surface area contributed by atoms with Gasteiger partial charge in [0, 0.05) is 25.6 Å². The summed E-state index contributed by atoms with van der Waals surface area (Å²) in [7, 11) is -1.40. The monoisotopic (exact) mass is 629 g/mol. The zero-order chi connectivity index (χ0) is 32.4. The Hall–Kier alpha value is -4.83. The molecule has 0 radical (unpaired) electrons. The van der Waals surface area contributed by atoms with Gasteiger partial charge in [0.05, 0.1) is 24.8 Å². The van der Waals surface area contributed by atoms with Crippen LogP contribution in [0.15, 0.2) is 108 Å². The van der Waals surface area contributed by atoms with Crippen LogP contribution in [0.2, 0.25) is 0 Å². The van der Waals surface area contributed by atoms with Crippen molar-refractivity contribution < 1.29 is 27.5 Å². The van der Waals surface area contributed by atoms with Gasteiger partial charge < -0.3 is 19.7 Å². The van der Waals surface area contributed by atoms with Crippen LogP contribution < -0.4 is 19.1 Å². The van der Waals surface area contributed by atoms with Crippen molar-refractivity contribution in [2.45, 2.75) is 37.8 Å². The number of sulfonamides is 1. The Kier molecular flexibility index (Phi) is 11.2. The zero-order valence-electron chi connectivity index (χ0n) is 26.0. The summed E-state index contributed by atoms with van der Waals surface area (Å²) in [5.41, 5.74) is 3.03. The second-order valence-corrected chi connectivity index (χ2v) is 12.3. The highest BCUT2D eigenvalue weighted by molar-refractivity contribution is 7.92. The number of hydrogen-bond donors (Lipinski definition) is 1. The first kappa shape index (κ1) is 33.1. The first-order chi connectivity index (χ1) is 21.7. The number of rotatable bonds is 14. The number of nitrogens with zero attached hydrogens (tertiary/aromatic N) is 2. The molecule has 0 fully saturated rings. The van der Waals surface area contributed by atoms with Gasteiger partial charge in [-0.25, -0.2) is 8.42 Å². The van der Waals surface area contributed by atoms with Crippen molar-refractivity contribution in [3.63, 3.8) is 0 Å². The highest BCUT2D eigenvalue weighted by Gasteiger charge is 2.34. The van der Waals surface area contributed by atoms with Crippen LogP contribution in [-0.2, 0) is 32.6 Å². The third-order valence-corrected chi connectivity index (χ3v) is 9.13. The molecule has 1 N–H and O–H groups in total. The molecule has 0 bridgehead atoms. The van der Waals surface area contributed by atoms with Crippen LogP contribution in [0.25, 0.3) is 0 Å². The number of hydrogen-bond acceptors (Lipinski definition) is 6. The summed E-state index contributed by atoms with van der Waals surface area (Å²) in [6.07, 6.45) is 0.248. The molecule has 0 spiro atoms. The van der Waals surface area contributed by atoms with Crippen LogP contribution in [0.4, 0.5) is 5.69 Å². The Morgan fingerprint density at radius 2 is 1.42 bits per heavy atom. The molecule has 0 aliphatic heterocycles. The molecule has 0 aliphatic rings. The van der Waals surface area contributed by atoms with E-state index in [1.54, 1.807) is 30.3 Å². The minimum Gasteiger partial charge on any atom is -0.493 e. The standard InChI is InChI=1S/C35H39N3O6S/c1-5-36-35(40)31(22-27-12-8-6-9-13-27)37(24-28-18-16-26(2)17-19-28)34(39)25-38(29-14-10-7-11-15-29)45(41,42)30-20-21-32(43-3)33(23-30)44-4/h6-21,23,31H,5,22,24-25H2,1-4H3,(H,36,40). The number of benzene rings is 4. The van der Waals surface area contributed by atoms with Gasteiger partial charge in [-0.15, -0.1) is 0 Å². The fourth-order valence-corrected chi connectivity index (χ4v) is 6.39.